The average Bonchev–Trinajstić information content (AvgIpc) is 3.24. The van der Waals surface area contributed by atoms with Crippen LogP contribution in [0.25, 0.3) is 76.5 Å². The van der Waals surface area contributed by atoms with Crippen molar-refractivity contribution in [1.29, 1.82) is 0 Å². The van der Waals surface area contributed by atoms with Crippen molar-refractivity contribution in [3.8, 4) is 33.4 Å². The zero-order chi connectivity index (χ0) is 35.1. The van der Waals surface area contributed by atoms with E-state index in [1.165, 1.54) is 76.5 Å². The summed E-state index contributed by atoms with van der Waals surface area (Å²) >= 11 is 0. The van der Waals surface area contributed by atoms with Crippen molar-refractivity contribution in [3.05, 3.63) is 212 Å². The van der Waals surface area contributed by atoms with Gasteiger partial charge in [0, 0.05) is 16.9 Å². The van der Waals surface area contributed by atoms with Gasteiger partial charge in [0.2, 0.25) is 0 Å². The molecule has 0 saturated carbocycles. The van der Waals surface area contributed by atoms with Crippen LogP contribution in [0.2, 0.25) is 0 Å². The van der Waals surface area contributed by atoms with E-state index in [-0.39, 0.29) is 0 Å². The van der Waals surface area contributed by atoms with Gasteiger partial charge < -0.3 is 4.90 Å². The third-order valence-electron chi connectivity index (χ3n) is 10.6. The molecule has 10 aromatic carbocycles. The number of para-hydroxylation sites is 1. The molecule has 0 amide bonds. The molecule has 0 aliphatic heterocycles. The van der Waals surface area contributed by atoms with Crippen molar-refractivity contribution in [1.82, 2.24) is 0 Å². The van der Waals surface area contributed by atoms with E-state index < -0.39 is 0 Å². The highest BCUT2D eigenvalue weighted by atomic mass is 15.1. The standard InChI is InChI=1S/C52H35N/c1-4-21-43-36(14-1)17-12-27-44(43)38-30-32-41(33-31-38)53(52-29-10-9-26-50(52)48-28-13-18-37-15-2-5-22-45(37)48)42-20-11-19-39(34-42)51-35-40-16-3-6-23-46(40)47-24-7-8-25-49(47)51/h1-35H. The SMILES string of the molecule is c1cc(-c2cc3ccccc3c3ccccc23)cc(N(c2ccc(-c3cccc4ccccc34)cc2)c2ccccc2-c2cccc3ccccc23)c1. The Hall–Kier alpha value is -6.96. The van der Waals surface area contributed by atoms with Crippen LogP contribution in [-0.2, 0) is 0 Å². The van der Waals surface area contributed by atoms with Crippen LogP contribution in [0.4, 0.5) is 17.1 Å². The Labute approximate surface area is 309 Å². The van der Waals surface area contributed by atoms with E-state index in [0.717, 1.165) is 17.1 Å². The lowest BCUT2D eigenvalue weighted by Crippen LogP contribution is -2.11. The first-order chi connectivity index (χ1) is 26.3. The first-order valence-electron chi connectivity index (χ1n) is 18.3. The van der Waals surface area contributed by atoms with Gasteiger partial charge in [0.25, 0.3) is 0 Å². The van der Waals surface area contributed by atoms with Crippen molar-refractivity contribution in [2.45, 2.75) is 0 Å². The molecule has 0 aromatic heterocycles. The number of rotatable bonds is 6. The van der Waals surface area contributed by atoms with E-state index in [2.05, 4.69) is 217 Å². The molecule has 0 saturated heterocycles. The Morgan fingerprint density at radius 1 is 0.245 bits per heavy atom. The van der Waals surface area contributed by atoms with Crippen molar-refractivity contribution in [2.75, 3.05) is 4.90 Å². The maximum Gasteiger partial charge on any atom is 0.0540 e. The molecule has 0 radical (unpaired) electrons. The van der Waals surface area contributed by atoms with E-state index in [0.29, 0.717) is 0 Å². The molecule has 0 aliphatic carbocycles. The van der Waals surface area contributed by atoms with Crippen LogP contribution in [0.15, 0.2) is 212 Å². The van der Waals surface area contributed by atoms with Crippen LogP contribution in [0, 0.1) is 0 Å². The van der Waals surface area contributed by atoms with Gasteiger partial charge in [-0.25, -0.2) is 0 Å². The topological polar surface area (TPSA) is 3.24 Å². The first kappa shape index (κ1) is 30.8. The van der Waals surface area contributed by atoms with Crippen LogP contribution < -0.4 is 4.90 Å². The lowest BCUT2D eigenvalue weighted by molar-refractivity contribution is 1.28. The largest absolute Gasteiger partial charge is 0.310 e. The Morgan fingerprint density at radius 3 is 1.53 bits per heavy atom. The average molecular weight is 674 g/mol. The van der Waals surface area contributed by atoms with Crippen molar-refractivity contribution in [2.24, 2.45) is 0 Å². The van der Waals surface area contributed by atoms with E-state index in [4.69, 9.17) is 0 Å². The molecule has 0 spiro atoms. The molecule has 0 N–H and O–H groups in total. The fourth-order valence-corrected chi connectivity index (χ4v) is 8.16. The van der Waals surface area contributed by atoms with E-state index >= 15 is 0 Å². The Kier molecular flexibility index (Phi) is 7.55. The summed E-state index contributed by atoms with van der Waals surface area (Å²) in [5.74, 6) is 0. The number of anilines is 3. The summed E-state index contributed by atoms with van der Waals surface area (Å²) in [5.41, 5.74) is 10.6. The smallest absolute Gasteiger partial charge is 0.0540 e. The van der Waals surface area contributed by atoms with Crippen LogP contribution in [0.3, 0.4) is 0 Å². The fraction of sp³-hybridized carbons (Fsp3) is 0. The Bertz CT molecular complexity index is 2940. The third kappa shape index (κ3) is 5.42. The summed E-state index contributed by atoms with van der Waals surface area (Å²) < 4.78 is 0. The molecule has 0 heterocycles. The summed E-state index contributed by atoms with van der Waals surface area (Å²) in [4.78, 5) is 2.43. The minimum atomic E-state index is 1.10. The van der Waals surface area contributed by atoms with Crippen molar-refractivity contribution >= 4 is 60.2 Å². The molecule has 248 valence electrons. The van der Waals surface area contributed by atoms with Gasteiger partial charge >= 0.3 is 0 Å². The van der Waals surface area contributed by atoms with Gasteiger partial charge in [-0.2, -0.15) is 0 Å². The lowest BCUT2D eigenvalue weighted by atomic mass is 9.92. The monoisotopic (exact) mass is 673 g/mol. The summed E-state index contributed by atoms with van der Waals surface area (Å²) in [5, 5.41) is 10.0. The molecule has 10 aromatic rings. The molecular formula is C52H35N. The van der Waals surface area contributed by atoms with Gasteiger partial charge in [-0.3, -0.25) is 0 Å². The highest BCUT2D eigenvalue weighted by Crippen LogP contribution is 2.45. The van der Waals surface area contributed by atoms with Gasteiger partial charge in [-0.05, 0) is 107 Å². The molecule has 0 aliphatic rings. The van der Waals surface area contributed by atoms with Gasteiger partial charge in [0.05, 0.1) is 5.69 Å². The van der Waals surface area contributed by atoms with Gasteiger partial charge in [-0.15, -0.1) is 0 Å². The predicted octanol–water partition coefficient (Wildman–Crippen LogP) is 14.8. The summed E-state index contributed by atoms with van der Waals surface area (Å²) in [7, 11) is 0. The molecule has 0 bridgehead atoms. The zero-order valence-electron chi connectivity index (χ0n) is 29.2. The second kappa shape index (κ2) is 13.0. The summed E-state index contributed by atoms with van der Waals surface area (Å²) in [6, 6.07) is 77.3. The highest BCUT2D eigenvalue weighted by Gasteiger charge is 2.20. The molecule has 1 heteroatoms. The van der Waals surface area contributed by atoms with E-state index in [1.807, 2.05) is 0 Å². The van der Waals surface area contributed by atoms with Gasteiger partial charge in [-0.1, -0.05) is 176 Å². The number of nitrogens with zero attached hydrogens (tertiary/aromatic N) is 1. The van der Waals surface area contributed by atoms with Gasteiger partial charge in [0.15, 0.2) is 0 Å². The van der Waals surface area contributed by atoms with Crippen molar-refractivity contribution < 1.29 is 0 Å². The maximum absolute atomic E-state index is 2.43. The molecule has 1 nitrogen and oxygen atoms in total. The third-order valence-corrected chi connectivity index (χ3v) is 10.6. The van der Waals surface area contributed by atoms with Crippen molar-refractivity contribution in [3.63, 3.8) is 0 Å². The molecule has 0 fully saturated rings. The molecule has 0 atom stereocenters. The lowest BCUT2D eigenvalue weighted by Gasteiger charge is -2.29. The quantitative estimate of drug-likeness (QED) is 0.159. The van der Waals surface area contributed by atoms with Crippen LogP contribution in [-0.4, -0.2) is 0 Å². The van der Waals surface area contributed by atoms with E-state index in [1.54, 1.807) is 0 Å². The minimum Gasteiger partial charge on any atom is -0.310 e. The number of benzene rings is 10. The second-order valence-electron chi connectivity index (χ2n) is 13.7. The number of hydrogen-bond acceptors (Lipinski definition) is 1. The molecule has 0 unspecified atom stereocenters. The highest BCUT2D eigenvalue weighted by molar-refractivity contribution is 6.14. The zero-order valence-corrected chi connectivity index (χ0v) is 29.2. The second-order valence-corrected chi connectivity index (χ2v) is 13.7. The van der Waals surface area contributed by atoms with Crippen LogP contribution in [0.1, 0.15) is 0 Å². The van der Waals surface area contributed by atoms with E-state index in [9.17, 15) is 0 Å². The Morgan fingerprint density at radius 2 is 0.774 bits per heavy atom. The fourth-order valence-electron chi connectivity index (χ4n) is 8.16. The first-order valence-corrected chi connectivity index (χ1v) is 18.3. The van der Waals surface area contributed by atoms with Gasteiger partial charge in [0.1, 0.15) is 0 Å². The molecule has 10 rings (SSSR count). The summed E-state index contributed by atoms with van der Waals surface area (Å²) in [6.45, 7) is 0. The maximum atomic E-state index is 2.43. The minimum absolute atomic E-state index is 1.10. The number of fused-ring (bicyclic) bond motifs is 5. The predicted molar refractivity (Wildman–Crippen MR) is 227 cm³/mol. The molecule has 53 heavy (non-hydrogen) atoms. The summed E-state index contributed by atoms with van der Waals surface area (Å²) in [6.07, 6.45) is 0. The normalized spacial score (nSPS) is 11.4. The van der Waals surface area contributed by atoms with Crippen LogP contribution >= 0.6 is 0 Å². The number of hydrogen-bond donors (Lipinski definition) is 0. The Balaban J connectivity index is 1.18. The molecular weight excluding hydrogens is 639 g/mol. The van der Waals surface area contributed by atoms with Crippen LogP contribution in [0.5, 0.6) is 0 Å².